The predicted molar refractivity (Wildman–Crippen MR) is 109 cm³/mol. The van der Waals surface area contributed by atoms with Crippen LogP contribution in [-0.2, 0) is 0 Å². The Kier molecular flexibility index (Phi) is 5.88. The maximum Gasteiger partial charge on any atom is 0.273 e. The topological polar surface area (TPSA) is 61.6 Å². The van der Waals surface area contributed by atoms with Gasteiger partial charge in [-0.25, -0.2) is 4.98 Å². The Morgan fingerprint density at radius 2 is 2.14 bits per heavy atom. The van der Waals surface area contributed by atoms with Crippen LogP contribution in [0.25, 0.3) is 0 Å². The minimum absolute atomic E-state index is 0.121. The molecule has 3 aliphatic heterocycles. The fraction of sp³-hybridized carbons (Fsp3) is 0.727. The lowest BCUT2D eigenvalue weighted by Gasteiger charge is -2.56. The van der Waals surface area contributed by atoms with E-state index in [0.717, 1.165) is 19.0 Å². The summed E-state index contributed by atoms with van der Waals surface area (Å²) < 4.78 is 5.19. The van der Waals surface area contributed by atoms with Gasteiger partial charge in [0.05, 0.1) is 0 Å². The quantitative estimate of drug-likeness (QED) is 0.789. The SMILES string of the molecule is CC(C)=CCN1C[C@H]2C[C@@H](C1)[C@H](CNC(=O)c1coc(C)n1)N1CCCC[C@@H]21. The first-order valence-corrected chi connectivity index (χ1v) is 10.8. The van der Waals surface area contributed by atoms with Crippen molar-refractivity contribution in [1.29, 1.82) is 0 Å². The number of nitrogens with one attached hydrogen (secondary N) is 1. The molecule has 0 saturated carbocycles. The summed E-state index contributed by atoms with van der Waals surface area (Å²) in [4.78, 5) is 22.0. The van der Waals surface area contributed by atoms with Crippen LogP contribution < -0.4 is 5.32 Å². The Hall–Kier alpha value is -1.66. The maximum absolute atomic E-state index is 12.5. The van der Waals surface area contributed by atoms with Crippen LogP contribution in [-0.4, -0.2) is 65.5 Å². The monoisotopic (exact) mass is 386 g/mol. The zero-order chi connectivity index (χ0) is 19.7. The van der Waals surface area contributed by atoms with Gasteiger partial charge < -0.3 is 9.73 Å². The molecule has 3 aliphatic rings. The van der Waals surface area contributed by atoms with Gasteiger partial charge in [0.15, 0.2) is 11.6 Å². The number of carbonyl (C=O) groups is 1. The Balaban J connectivity index is 1.46. The molecule has 0 aromatic carbocycles. The number of piperidine rings is 3. The van der Waals surface area contributed by atoms with Crippen molar-refractivity contribution >= 4 is 5.91 Å². The molecule has 4 heterocycles. The molecule has 1 N–H and O–H groups in total. The van der Waals surface area contributed by atoms with Crippen molar-refractivity contribution in [2.24, 2.45) is 11.8 Å². The van der Waals surface area contributed by atoms with Crippen LogP contribution in [0.2, 0.25) is 0 Å². The predicted octanol–water partition coefficient (Wildman–Crippen LogP) is 2.85. The highest BCUT2D eigenvalue weighted by atomic mass is 16.3. The van der Waals surface area contributed by atoms with Gasteiger partial charge in [-0.2, -0.15) is 0 Å². The van der Waals surface area contributed by atoms with Crippen LogP contribution >= 0.6 is 0 Å². The average Bonchev–Trinajstić information content (AvgIpc) is 3.12. The highest BCUT2D eigenvalue weighted by Crippen LogP contribution is 2.40. The molecule has 6 heteroatoms. The Labute approximate surface area is 168 Å². The first-order chi connectivity index (χ1) is 13.5. The fourth-order valence-corrected chi connectivity index (χ4v) is 5.50. The molecule has 1 amide bonds. The highest BCUT2D eigenvalue weighted by molar-refractivity contribution is 5.91. The number of hydrogen-bond acceptors (Lipinski definition) is 5. The van der Waals surface area contributed by atoms with Crippen LogP contribution in [0, 0.1) is 18.8 Å². The number of allylic oxidation sites excluding steroid dienone is 1. The molecule has 2 bridgehead atoms. The van der Waals surface area contributed by atoms with Crippen molar-refractivity contribution in [3.8, 4) is 0 Å². The van der Waals surface area contributed by atoms with Gasteiger partial charge in [0, 0.05) is 45.2 Å². The second-order valence-corrected chi connectivity index (χ2v) is 9.09. The number of amides is 1. The van der Waals surface area contributed by atoms with E-state index in [1.54, 1.807) is 6.92 Å². The van der Waals surface area contributed by atoms with Crippen molar-refractivity contribution in [1.82, 2.24) is 20.1 Å². The van der Waals surface area contributed by atoms with Crippen molar-refractivity contribution in [3.63, 3.8) is 0 Å². The molecule has 154 valence electrons. The van der Waals surface area contributed by atoms with E-state index in [0.29, 0.717) is 36.1 Å². The lowest BCUT2D eigenvalue weighted by atomic mass is 9.72. The minimum atomic E-state index is -0.121. The third-order valence-electron chi connectivity index (χ3n) is 6.78. The Morgan fingerprint density at radius 1 is 1.32 bits per heavy atom. The summed E-state index contributed by atoms with van der Waals surface area (Å²) in [5.41, 5.74) is 1.77. The summed E-state index contributed by atoms with van der Waals surface area (Å²) in [6.45, 7) is 11.4. The number of hydrogen-bond donors (Lipinski definition) is 1. The van der Waals surface area contributed by atoms with Gasteiger partial charge in [-0.3, -0.25) is 14.6 Å². The van der Waals surface area contributed by atoms with Gasteiger partial charge in [0.1, 0.15) is 6.26 Å². The average molecular weight is 387 g/mol. The fourth-order valence-electron chi connectivity index (χ4n) is 5.50. The van der Waals surface area contributed by atoms with Crippen molar-refractivity contribution in [3.05, 3.63) is 29.5 Å². The van der Waals surface area contributed by atoms with E-state index in [4.69, 9.17) is 4.42 Å². The Bertz CT molecular complexity index is 724. The first-order valence-electron chi connectivity index (χ1n) is 10.8. The first kappa shape index (κ1) is 19.6. The van der Waals surface area contributed by atoms with E-state index >= 15 is 0 Å². The minimum Gasteiger partial charge on any atom is -0.448 e. The smallest absolute Gasteiger partial charge is 0.273 e. The second-order valence-electron chi connectivity index (χ2n) is 9.09. The highest BCUT2D eigenvalue weighted by Gasteiger charge is 2.46. The van der Waals surface area contributed by atoms with E-state index in [-0.39, 0.29) is 5.91 Å². The molecule has 3 saturated heterocycles. The second kappa shape index (κ2) is 8.37. The number of carbonyl (C=O) groups excluding carboxylic acids is 1. The van der Waals surface area contributed by atoms with Crippen molar-refractivity contribution < 1.29 is 9.21 Å². The summed E-state index contributed by atoms with van der Waals surface area (Å²) in [6.07, 6.45) is 9.03. The summed E-state index contributed by atoms with van der Waals surface area (Å²) in [6, 6.07) is 1.10. The third-order valence-corrected chi connectivity index (χ3v) is 6.78. The summed E-state index contributed by atoms with van der Waals surface area (Å²) in [5, 5.41) is 3.15. The molecule has 4 atom stereocenters. The van der Waals surface area contributed by atoms with Crippen LogP contribution in [0.4, 0.5) is 0 Å². The molecule has 1 aromatic heterocycles. The molecule has 3 fully saturated rings. The van der Waals surface area contributed by atoms with Gasteiger partial charge in [0.2, 0.25) is 0 Å². The largest absolute Gasteiger partial charge is 0.448 e. The third kappa shape index (κ3) is 4.18. The van der Waals surface area contributed by atoms with Crippen LogP contribution in [0.1, 0.15) is 55.9 Å². The summed E-state index contributed by atoms with van der Waals surface area (Å²) in [7, 11) is 0. The van der Waals surface area contributed by atoms with Gasteiger partial charge >= 0.3 is 0 Å². The number of rotatable bonds is 5. The maximum atomic E-state index is 12.5. The number of aromatic nitrogens is 1. The molecular formula is C22H34N4O2. The van der Waals surface area contributed by atoms with Gasteiger partial charge in [-0.15, -0.1) is 0 Å². The number of nitrogens with zero attached hydrogens (tertiary/aromatic N) is 3. The molecular weight excluding hydrogens is 352 g/mol. The van der Waals surface area contributed by atoms with E-state index in [1.807, 2.05) is 0 Å². The summed E-state index contributed by atoms with van der Waals surface area (Å²) >= 11 is 0. The van der Waals surface area contributed by atoms with E-state index in [2.05, 4.69) is 40.0 Å². The molecule has 28 heavy (non-hydrogen) atoms. The van der Waals surface area contributed by atoms with E-state index in [9.17, 15) is 4.79 Å². The number of aryl methyl sites for hydroxylation is 1. The zero-order valence-corrected chi connectivity index (χ0v) is 17.5. The molecule has 4 rings (SSSR count). The van der Waals surface area contributed by atoms with E-state index in [1.165, 1.54) is 50.6 Å². The Morgan fingerprint density at radius 3 is 2.89 bits per heavy atom. The molecule has 0 spiro atoms. The molecule has 6 nitrogen and oxygen atoms in total. The number of oxazole rings is 1. The lowest BCUT2D eigenvalue weighted by molar-refractivity contribution is -0.0676. The normalized spacial score (nSPS) is 30.5. The van der Waals surface area contributed by atoms with Crippen LogP contribution in [0.15, 0.2) is 22.3 Å². The van der Waals surface area contributed by atoms with Crippen molar-refractivity contribution in [2.45, 2.75) is 58.5 Å². The number of fused-ring (bicyclic) bond motifs is 4. The van der Waals surface area contributed by atoms with Gasteiger partial charge in [-0.05, 0) is 51.5 Å². The van der Waals surface area contributed by atoms with Crippen LogP contribution in [0.5, 0.6) is 0 Å². The zero-order valence-electron chi connectivity index (χ0n) is 17.5. The van der Waals surface area contributed by atoms with Gasteiger partial charge in [-0.1, -0.05) is 18.1 Å². The van der Waals surface area contributed by atoms with Crippen molar-refractivity contribution in [2.75, 3.05) is 32.7 Å². The van der Waals surface area contributed by atoms with Gasteiger partial charge in [0.25, 0.3) is 5.91 Å². The van der Waals surface area contributed by atoms with Crippen LogP contribution in [0.3, 0.4) is 0 Å². The number of likely N-dealkylation sites (tertiary alicyclic amines) is 1. The van der Waals surface area contributed by atoms with E-state index < -0.39 is 0 Å². The molecule has 0 aliphatic carbocycles. The molecule has 0 radical (unpaired) electrons. The summed E-state index contributed by atoms with van der Waals surface area (Å²) in [5.74, 6) is 1.81. The molecule has 1 aromatic rings. The standard InChI is InChI=1S/C22H34N4O2/c1-15(2)7-9-25-12-17-10-18(13-25)21(26-8-5-4-6-20(17)26)11-23-22(27)19-14-28-16(3)24-19/h7,14,17-18,20-21H,4-6,8-13H2,1-3H3,(H,23,27)/t17-,18+,20+,21+/m1/s1. The lowest BCUT2D eigenvalue weighted by Crippen LogP contribution is -2.65. The molecule has 0 unspecified atom stereocenters.